The number of aromatic nitrogens is 1. The zero-order valence-corrected chi connectivity index (χ0v) is 11.7. The Hall–Kier alpha value is -1.60. The fraction of sp³-hybridized carbons (Fsp3) is 0.273. The van der Waals surface area contributed by atoms with E-state index in [0.717, 1.165) is 11.5 Å². The first-order valence-corrected chi connectivity index (χ1v) is 6.94. The van der Waals surface area contributed by atoms with Gasteiger partial charge in [-0.3, -0.25) is 0 Å². The molecule has 0 radical (unpaired) electrons. The van der Waals surface area contributed by atoms with Gasteiger partial charge in [0.1, 0.15) is 10.6 Å². The summed E-state index contributed by atoms with van der Waals surface area (Å²) in [6, 6.07) is 0. The molecule has 0 aromatic carbocycles. The van der Waals surface area contributed by atoms with Crippen LogP contribution >= 0.6 is 22.9 Å². The number of methoxy groups -OCH3 is 1. The molecule has 7 heteroatoms. The molecule has 5 nitrogen and oxygen atoms in total. The second-order valence-corrected chi connectivity index (χ2v) is 5.21. The zero-order chi connectivity index (χ0) is 13.1. The van der Waals surface area contributed by atoms with Crippen LogP contribution in [0.3, 0.4) is 0 Å². The van der Waals surface area contributed by atoms with Gasteiger partial charge in [-0.15, -0.1) is 0 Å². The van der Waals surface area contributed by atoms with E-state index >= 15 is 0 Å². The third kappa shape index (κ3) is 2.46. The number of esters is 1. The molecular formula is C11H13N3O2S2. The number of nitrogens with zero attached hydrogens (tertiary/aromatic N) is 1. The van der Waals surface area contributed by atoms with Crippen LogP contribution in [0, 0.1) is 6.92 Å². The van der Waals surface area contributed by atoms with E-state index in [1.165, 1.54) is 18.2 Å². The molecular weight excluding hydrogens is 270 g/mol. The zero-order valence-electron chi connectivity index (χ0n) is 10.0. The third-order valence-electron chi connectivity index (χ3n) is 2.51. The van der Waals surface area contributed by atoms with Crippen LogP contribution in [-0.2, 0) is 11.3 Å². The van der Waals surface area contributed by atoms with Crippen molar-refractivity contribution in [3.8, 4) is 0 Å². The highest BCUT2D eigenvalue weighted by Crippen LogP contribution is 2.28. The molecule has 3 N–H and O–H groups in total. The van der Waals surface area contributed by atoms with E-state index < -0.39 is 5.97 Å². The monoisotopic (exact) mass is 283 g/mol. The quantitative estimate of drug-likeness (QED) is 0.843. The Morgan fingerprint density at radius 2 is 2.33 bits per heavy atom. The van der Waals surface area contributed by atoms with Gasteiger partial charge in [0.25, 0.3) is 0 Å². The highest BCUT2D eigenvalue weighted by molar-refractivity contribution is 7.11. The number of hydrogen-bond acceptors (Lipinski definition) is 7. The fourth-order valence-electron chi connectivity index (χ4n) is 1.47. The molecule has 0 bridgehead atoms. The number of nitrogens with one attached hydrogen (secondary N) is 1. The second kappa shape index (κ2) is 5.36. The molecule has 0 amide bonds. The molecule has 2 aromatic heterocycles. The lowest BCUT2D eigenvalue weighted by molar-refractivity contribution is 0.0603. The number of thiophene rings is 1. The predicted molar refractivity (Wildman–Crippen MR) is 74.2 cm³/mol. The Morgan fingerprint density at radius 1 is 1.56 bits per heavy atom. The standard InChI is InChI=1S/C11H13N3O2S2/c1-6-4-17-5-7(6)3-13-10-8(11(15)16-2)9(12)14-18-10/h4-5,13H,3H2,1-2H3,(H2,12,14). The Labute approximate surface area is 113 Å². The summed E-state index contributed by atoms with van der Waals surface area (Å²) in [4.78, 5) is 11.6. The van der Waals surface area contributed by atoms with Gasteiger partial charge in [0.05, 0.1) is 7.11 Å². The van der Waals surface area contributed by atoms with Gasteiger partial charge in [-0.2, -0.15) is 15.7 Å². The molecule has 0 aliphatic heterocycles. The Balaban J connectivity index is 2.15. The SMILES string of the molecule is COC(=O)c1c(N)nsc1NCc1cscc1C. The number of nitrogens with two attached hydrogens (primary N) is 1. The summed E-state index contributed by atoms with van der Waals surface area (Å²) in [5.41, 5.74) is 8.40. The van der Waals surface area contributed by atoms with Crippen LogP contribution in [0.2, 0.25) is 0 Å². The van der Waals surface area contributed by atoms with Crippen LogP contribution < -0.4 is 11.1 Å². The van der Waals surface area contributed by atoms with Gasteiger partial charge >= 0.3 is 5.97 Å². The average Bonchev–Trinajstić information content (AvgIpc) is 2.92. The van der Waals surface area contributed by atoms with Crippen molar-refractivity contribution < 1.29 is 9.53 Å². The number of ether oxygens (including phenoxy) is 1. The molecule has 0 saturated carbocycles. The number of rotatable bonds is 4. The topological polar surface area (TPSA) is 77.2 Å². The van der Waals surface area contributed by atoms with Crippen molar-refractivity contribution in [2.75, 3.05) is 18.2 Å². The van der Waals surface area contributed by atoms with Crippen molar-refractivity contribution in [1.29, 1.82) is 0 Å². The second-order valence-electron chi connectivity index (χ2n) is 3.70. The van der Waals surface area contributed by atoms with E-state index in [1.54, 1.807) is 11.3 Å². The summed E-state index contributed by atoms with van der Waals surface area (Å²) in [5.74, 6) is -0.262. The molecule has 0 spiro atoms. The predicted octanol–water partition coefficient (Wildman–Crippen LogP) is 2.49. The van der Waals surface area contributed by atoms with E-state index in [2.05, 4.69) is 32.1 Å². The Kier molecular flexibility index (Phi) is 3.83. The summed E-state index contributed by atoms with van der Waals surface area (Å²) in [6.07, 6.45) is 0. The molecule has 0 aliphatic carbocycles. The van der Waals surface area contributed by atoms with Crippen molar-refractivity contribution in [3.63, 3.8) is 0 Å². The lowest BCUT2D eigenvalue weighted by atomic mass is 10.2. The average molecular weight is 283 g/mol. The lowest BCUT2D eigenvalue weighted by Gasteiger charge is -2.05. The van der Waals surface area contributed by atoms with Crippen LogP contribution in [0.25, 0.3) is 0 Å². The van der Waals surface area contributed by atoms with Gasteiger partial charge in [-0.05, 0) is 40.3 Å². The number of carbonyl (C=O) groups excluding carboxylic acids is 1. The summed E-state index contributed by atoms with van der Waals surface area (Å²) in [5, 5.41) is 7.97. The molecule has 0 fully saturated rings. The molecule has 2 rings (SSSR count). The van der Waals surface area contributed by atoms with Crippen LogP contribution in [0.5, 0.6) is 0 Å². The number of nitrogen functional groups attached to an aromatic ring is 1. The molecule has 96 valence electrons. The molecule has 0 saturated heterocycles. The van der Waals surface area contributed by atoms with Crippen LogP contribution in [0.4, 0.5) is 10.8 Å². The largest absolute Gasteiger partial charge is 0.465 e. The van der Waals surface area contributed by atoms with E-state index in [-0.39, 0.29) is 5.82 Å². The first-order valence-electron chi connectivity index (χ1n) is 5.22. The summed E-state index contributed by atoms with van der Waals surface area (Å²) in [6.45, 7) is 2.69. The van der Waals surface area contributed by atoms with Crippen molar-refractivity contribution >= 4 is 39.7 Å². The fourth-order valence-corrected chi connectivity index (χ4v) is 3.02. The third-order valence-corrected chi connectivity index (χ3v) is 4.24. The number of carbonyl (C=O) groups is 1. The molecule has 0 aliphatic rings. The maximum absolute atomic E-state index is 11.6. The van der Waals surface area contributed by atoms with Gasteiger partial charge in [0.2, 0.25) is 0 Å². The number of aryl methyl sites for hydroxylation is 1. The maximum Gasteiger partial charge on any atom is 0.344 e. The van der Waals surface area contributed by atoms with Crippen molar-refractivity contribution in [2.24, 2.45) is 0 Å². The number of hydrogen-bond donors (Lipinski definition) is 2. The van der Waals surface area contributed by atoms with Gasteiger partial charge in [0.15, 0.2) is 5.82 Å². The maximum atomic E-state index is 11.6. The van der Waals surface area contributed by atoms with E-state index in [0.29, 0.717) is 17.1 Å². The minimum absolute atomic E-state index is 0.205. The van der Waals surface area contributed by atoms with Gasteiger partial charge < -0.3 is 15.8 Å². The van der Waals surface area contributed by atoms with Crippen molar-refractivity contribution in [2.45, 2.75) is 13.5 Å². The van der Waals surface area contributed by atoms with E-state index in [4.69, 9.17) is 5.73 Å². The molecule has 2 heterocycles. The summed E-state index contributed by atoms with van der Waals surface area (Å²) >= 11 is 2.82. The smallest absolute Gasteiger partial charge is 0.344 e. The highest BCUT2D eigenvalue weighted by atomic mass is 32.1. The van der Waals surface area contributed by atoms with Crippen molar-refractivity contribution in [3.05, 3.63) is 27.5 Å². The lowest BCUT2D eigenvalue weighted by Crippen LogP contribution is -2.08. The summed E-state index contributed by atoms with van der Waals surface area (Å²) in [7, 11) is 1.33. The van der Waals surface area contributed by atoms with Crippen LogP contribution in [0.1, 0.15) is 21.5 Å². The van der Waals surface area contributed by atoms with Crippen LogP contribution in [0.15, 0.2) is 10.8 Å². The van der Waals surface area contributed by atoms with Gasteiger partial charge in [0, 0.05) is 6.54 Å². The Bertz CT molecular complexity index is 562. The molecule has 2 aromatic rings. The molecule has 0 atom stereocenters. The van der Waals surface area contributed by atoms with Crippen LogP contribution in [-0.4, -0.2) is 17.5 Å². The van der Waals surface area contributed by atoms with E-state index in [9.17, 15) is 4.79 Å². The highest BCUT2D eigenvalue weighted by Gasteiger charge is 2.19. The van der Waals surface area contributed by atoms with Gasteiger partial charge in [-0.1, -0.05) is 0 Å². The number of anilines is 2. The minimum atomic E-state index is -0.467. The molecule has 18 heavy (non-hydrogen) atoms. The normalized spacial score (nSPS) is 10.3. The molecule has 0 unspecified atom stereocenters. The first kappa shape index (κ1) is 12.8. The van der Waals surface area contributed by atoms with Crippen molar-refractivity contribution in [1.82, 2.24) is 4.37 Å². The minimum Gasteiger partial charge on any atom is -0.465 e. The summed E-state index contributed by atoms with van der Waals surface area (Å²) < 4.78 is 8.65. The first-order chi connectivity index (χ1) is 8.63. The van der Waals surface area contributed by atoms with E-state index in [1.807, 2.05) is 0 Å². The van der Waals surface area contributed by atoms with Gasteiger partial charge in [-0.25, -0.2) is 4.79 Å². The Morgan fingerprint density at radius 3 is 2.94 bits per heavy atom.